The van der Waals surface area contributed by atoms with Crippen molar-refractivity contribution in [3.05, 3.63) is 77.7 Å². The van der Waals surface area contributed by atoms with Gasteiger partial charge in [-0.05, 0) is 42.5 Å². The number of ether oxygens (including phenoxy) is 2. The molecule has 1 fully saturated rings. The van der Waals surface area contributed by atoms with E-state index in [1.807, 2.05) is 0 Å². The van der Waals surface area contributed by atoms with Crippen LogP contribution in [0.3, 0.4) is 0 Å². The van der Waals surface area contributed by atoms with Gasteiger partial charge in [-0.3, -0.25) is 9.88 Å². The molecular formula is C24H21F3N4O5. The van der Waals surface area contributed by atoms with Crippen LogP contribution in [-0.2, 0) is 12.7 Å². The first-order valence-corrected chi connectivity index (χ1v) is 10.9. The Morgan fingerprint density at radius 2 is 1.58 bits per heavy atom. The third kappa shape index (κ3) is 6.48. The normalized spacial score (nSPS) is 14.4. The number of benzene rings is 1. The summed E-state index contributed by atoms with van der Waals surface area (Å²) < 4.78 is 48.7. The number of carboxylic acid groups (broad SMARTS) is 1. The maximum Gasteiger partial charge on any atom is 0.417 e. The van der Waals surface area contributed by atoms with Gasteiger partial charge >= 0.3 is 18.2 Å². The summed E-state index contributed by atoms with van der Waals surface area (Å²) in [6.45, 7) is 2.65. The lowest BCUT2D eigenvalue weighted by Crippen LogP contribution is -2.49. The number of piperazine rings is 1. The summed E-state index contributed by atoms with van der Waals surface area (Å²) in [6.07, 6.45) is -2.97. The zero-order valence-electron chi connectivity index (χ0n) is 18.8. The van der Waals surface area contributed by atoms with Gasteiger partial charge in [0.1, 0.15) is 11.5 Å². The minimum absolute atomic E-state index is 0.00126. The van der Waals surface area contributed by atoms with Gasteiger partial charge in [-0.15, -0.1) is 0 Å². The Morgan fingerprint density at radius 3 is 2.14 bits per heavy atom. The number of alkyl halides is 3. The van der Waals surface area contributed by atoms with Gasteiger partial charge in [0, 0.05) is 51.2 Å². The van der Waals surface area contributed by atoms with Crippen molar-refractivity contribution in [3.8, 4) is 17.4 Å². The Kier molecular flexibility index (Phi) is 7.34. The molecule has 4 rings (SSSR count). The van der Waals surface area contributed by atoms with Crippen LogP contribution in [0.25, 0.3) is 0 Å². The fourth-order valence-electron chi connectivity index (χ4n) is 3.43. The van der Waals surface area contributed by atoms with Crippen molar-refractivity contribution in [2.75, 3.05) is 26.2 Å². The number of carbonyl (C=O) groups excluding carboxylic acids is 1. The number of aromatic nitrogens is 2. The molecule has 1 aromatic carbocycles. The molecule has 1 aliphatic heterocycles. The average Bonchev–Trinajstić information content (AvgIpc) is 2.86. The molecule has 1 aliphatic rings. The maximum atomic E-state index is 12.6. The van der Waals surface area contributed by atoms with Gasteiger partial charge in [0.25, 0.3) is 0 Å². The van der Waals surface area contributed by atoms with Crippen molar-refractivity contribution in [1.82, 2.24) is 19.8 Å². The fourth-order valence-corrected chi connectivity index (χ4v) is 3.43. The van der Waals surface area contributed by atoms with E-state index in [0.717, 1.165) is 17.8 Å². The molecule has 0 bridgehead atoms. The number of rotatable bonds is 6. The highest BCUT2D eigenvalue weighted by Gasteiger charge is 2.30. The minimum atomic E-state index is -4.48. The quantitative estimate of drug-likeness (QED) is 0.532. The number of pyridine rings is 2. The van der Waals surface area contributed by atoms with Crippen molar-refractivity contribution in [1.29, 1.82) is 0 Å². The summed E-state index contributed by atoms with van der Waals surface area (Å²) in [4.78, 5) is 34.9. The first-order chi connectivity index (χ1) is 17.2. The molecule has 1 N–H and O–H groups in total. The van der Waals surface area contributed by atoms with Crippen LogP contribution in [0.1, 0.15) is 21.6 Å². The number of aromatic carboxylic acids is 1. The van der Waals surface area contributed by atoms with E-state index in [0.29, 0.717) is 44.7 Å². The van der Waals surface area contributed by atoms with Crippen molar-refractivity contribution in [3.63, 3.8) is 0 Å². The molecule has 0 atom stereocenters. The Balaban J connectivity index is 1.24. The zero-order valence-corrected chi connectivity index (χ0v) is 18.8. The lowest BCUT2D eigenvalue weighted by Gasteiger charge is -2.33. The van der Waals surface area contributed by atoms with Gasteiger partial charge in [-0.25, -0.2) is 14.6 Å². The predicted molar refractivity (Wildman–Crippen MR) is 120 cm³/mol. The second-order valence-electron chi connectivity index (χ2n) is 7.93. The Hall–Kier alpha value is -4.19. The third-order valence-electron chi connectivity index (χ3n) is 5.40. The first kappa shape index (κ1) is 24.9. The van der Waals surface area contributed by atoms with Gasteiger partial charge in [0.2, 0.25) is 5.88 Å². The fraction of sp³-hybridized carbons (Fsp3) is 0.250. The van der Waals surface area contributed by atoms with Crippen LogP contribution >= 0.6 is 0 Å². The van der Waals surface area contributed by atoms with Gasteiger partial charge in [-0.1, -0.05) is 0 Å². The predicted octanol–water partition coefficient (Wildman–Crippen LogP) is 4.30. The molecule has 12 heteroatoms. The number of halogens is 3. The summed E-state index contributed by atoms with van der Waals surface area (Å²) in [6, 6.07) is 11.2. The average molecular weight is 502 g/mol. The lowest BCUT2D eigenvalue weighted by molar-refractivity contribution is -0.137. The van der Waals surface area contributed by atoms with E-state index in [9.17, 15) is 22.8 Å². The van der Waals surface area contributed by atoms with Crippen LogP contribution in [0, 0.1) is 0 Å². The Labute approximate surface area is 203 Å². The summed E-state index contributed by atoms with van der Waals surface area (Å²) in [5, 5.41) is 8.95. The first-order valence-electron chi connectivity index (χ1n) is 10.9. The number of hydrogen-bond donors (Lipinski definition) is 1. The van der Waals surface area contributed by atoms with E-state index >= 15 is 0 Å². The van der Waals surface area contributed by atoms with Gasteiger partial charge in [0.05, 0.1) is 16.8 Å². The van der Waals surface area contributed by atoms with Crippen LogP contribution in [0.4, 0.5) is 18.0 Å². The summed E-state index contributed by atoms with van der Waals surface area (Å²) >= 11 is 0. The van der Waals surface area contributed by atoms with Gasteiger partial charge in [0.15, 0.2) is 0 Å². The van der Waals surface area contributed by atoms with Gasteiger partial charge in [-0.2, -0.15) is 13.2 Å². The summed E-state index contributed by atoms with van der Waals surface area (Å²) in [7, 11) is 0. The van der Waals surface area contributed by atoms with Crippen LogP contribution in [0.15, 0.2) is 60.9 Å². The van der Waals surface area contributed by atoms with E-state index in [-0.39, 0.29) is 17.2 Å². The number of carbonyl (C=O) groups is 2. The number of amides is 1. The molecule has 2 aromatic heterocycles. The maximum absolute atomic E-state index is 12.6. The van der Waals surface area contributed by atoms with E-state index < -0.39 is 23.8 Å². The van der Waals surface area contributed by atoms with Crippen LogP contribution in [0.5, 0.6) is 17.4 Å². The highest BCUT2D eigenvalue weighted by molar-refractivity contribution is 5.87. The monoisotopic (exact) mass is 502 g/mol. The van der Waals surface area contributed by atoms with E-state index in [2.05, 4.69) is 14.9 Å². The number of nitrogens with zero attached hydrogens (tertiary/aromatic N) is 4. The standard InChI is InChI=1S/C24H21F3N4O5/c25-24(26,27)17-2-8-21(29-14-17)35-19-4-6-20(7-5-19)36-23(34)31-11-9-30(10-12-31)15-18-3-1-16(13-28-18)22(32)33/h1-8,13-14H,9-12,15H2,(H,32,33). The van der Waals surface area contributed by atoms with Crippen molar-refractivity contribution in [2.24, 2.45) is 0 Å². The molecule has 0 radical (unpaired) electrons. The molecule has 9 nitrogen and oxygen atoms in total. The van der Waals surface area contributed by atoms with E-state index in [4.69, 9.17) is 14.6 Å². The molecular weight excluding hydrogens is 481 g/mol. The Morgan fingerprint density at radius 1 is 0.889 bits per heavy atom. The van der Waals surface area contributed by atoms with E-state index in [1.54, 1.807) is 11.0 Å². The summed E-state index contributed by atoms with van der Waals surface area (Å²) in [5.74, 6) is -0.420. The summed E-state index contributed by atoms with van der Waals surface area (Å²) in [5.41, 5.74) is -0.00370. The SMILES string of the molecule is O=C(O)c1ccc(CN2CCN(C(=O)Oc3ccc(Oc4ccc(C(F)(F)F)cn4)cc3)CC2)nc1. The molecule has 1 saturated heterocycles. The molecule has 36 heavy (non-hydrogen) atoms. The van der Waals surface area contributed by atoms with Gasteiger partial charge < -0.3 is 19.5 Å². The topological polar surface area (TPSA) is 105 Å². The molecule has 188 valence electrons. The Bertz CT molecular complexity index is 1190. The minimum Gasteiger partial charge on any atom is -0.478 e. The zero-order chi connectivity index (χ0) is 25.7. The molecule has 0 aliphatic carbocycles. The second kappa shape index (κ2) is 10.6. The second-order valence-corrected chi connectivity index (χ2v) is 7.93. The largest absolute Gasteiger partial charge is 0.478 e. The van der Waals surface area contributed by atoms with Crippen LogP contribution in [-0.4, -0.2) is 63.1 Å². The van der Waals surface area contributed by atoms with Crippen molar-refractivity contribution in [2.45, 2.75) is 12.7 Å². The highest BCUT2D eigenvalue weighted by Crippen LogP contribution is 2.30. The van der Waals surface area contributed by atoms with Crippen LogP contribution in [0.2, 0.25) is 0 Å². The number of carboxylic acids is 1. The molecule has 0 saturated carbocycles. The highest BCUT2D eigenvalue weighted by atomic mass is 19.4. The molecule has 3 heterocycles. The van der Waals surface area contributed by atoms with Crippen LogP contribution < -0.4 is 9.47 Å². The molecule has 3 aromatic rings. The lowest BCUT2D eigenvalue weighted by atomic mass is 10.2. The van der Waals surface area contributed by atoms with Crippen molar-refractivity contribution < 1.29 is 37.3 Å². The molecule has 0 spiro atoms. The molecule has 0 unspecified atom stereocenters. The number of hydrogen-bond acceptors (Lipinski definition) is 7. The van der Waals surface area contributed by atoms with Crippen molar-refractivity contribution >= 4 is 12.1 Å². The van der Waals surface area contributed by atoms with E-state index in [1.165, 1.54) is 36.5 Å². The third-order valence-corrected chi connectivity index (χ3v) is 5.40. The molecule has 1 amide bonds. The smallest absolute Gasteiger partial charge is 0.417 e.